The number of allylic oxidation sites excluding steroid dienone is 12. The molecule has 0 aromatic heterocycles. The van der Waals surface area contributed by atoms with Gasteiger partial charge in [0.1, 0.15) is 13.2 Å². The third-order valence-corrected chi connectivity index (χ3v) is 9.66. The lowest BCUT2D eigenvalue weighted by Gasteiger charge is -2.18. The van der Waals surface area contributed by atoms with Crippen LogP contribution in [0.3, 0.4) is 0 Å². The van der Waals surface area contributed by atoms with Crippen LogP contribution in [0.15, 0.2) is 72.9 Å². The van der Waals surface area contributed by atoms with Gasteiger partial charge in [-0.3, -0.25) is 14.4 Å². The van der Waals surface area contributed by atoms with Gasteiger partial charge in [-0.15, -0.1) is 0 Å². The van der Waals surface area contributed by atoms with E-state index in [1.54, 1.807) is 0 Å². The van der Waals surface area contributed by atoms with Gasteiger partial charge in [-0.05, 0) is 103 Å². The molecular formula is C51H86O6. The predicted octanol–water partition coefficient (Wildman–Crippen LogP) is 15.1. The second-order valence-corrected chi connectivity index (χ2v) is 15.3. The van der Waals surface area contributed by atoms with Crippen LogP contribution in [-0.4, -0.2) is 37.2 Å². The van der Waals surface area contributed by atoms with Crippen LogP contribution in [0.4, 0.5) is 0 Å². The molecule has 0 aliphatic carbocycles. The van der Waals surface area contributed by atoms with E-state index in [0.717, 1.165) is 96.3 Å². The van der Waals surface area contributed by atoms with Crippen molar-refractivity contribution in [2.24, 2.45) is 0 Å². The summed E-state index contributed by atoms with van der Waals surface area (Å²) in [6.45, 7) is 6.40. The molecule has 0 radical (unpaired) electrons. The zero-order chi connectivity index (χ0) is 41.5. The molecule has 0 saturated carbocycles. The van der Waals surface area contributed by atoms with E-state index in [0.29, 0.717) is 25.7 Å². The Morgan fingerprint density at radius 2 is 0.702 bits per heavy atom. The zero-order valence-electron chi connectivity index (χ0n) is 37.1. The van der Waals surface area contributed by atoms with Gasteiger partial charge < -0.3 is 14.2 Å². The van der Waals surface area contributed by atoms with Crippen molar-refractivity contribution >= 4 is 17.9 Å². The van der Waals surface area contributed by atoms with E-state index in [4.69, 9.17) is 14.2 Å². The monoisotopic (exact) mass is 795 g/mol. The summed E-state index contributed by atoms with van der Waals surface area (Å²) in [5.41, 5.74) is 0. The fourth-order valence-corrected chi connectivity index (χ4v) is 6.14. The number of carbonyl (C=O) groups is 3. The summed E-state index contributed by atoms with van der Waals surface area (Å²) in [4.78, 5) is 37.7. The molecule has 0 N–H and O–H groups in total. The Bertz CT molecular complexity index is 1100. The highest BCUT2D eigenvalue weighted by atomic mass is 16.6. The van der Waals surface area contributed by atoms with Gasteiger partial charge in [0.25, 0.3) is 0 Å². The third-order valence-electron chi connectivity index (χ3n) is 9.66. The molecule has 6 nitrogen and oxygen atoms in total. The van der Waals surface area contributed by atoms with Gasteiger partial charge in [-0.1, -0.05) is 164 Å². The second kappa shape index (κ2) is 45.6. The maximum atomic E-state index is 12.7. The van der Waals surface area contributed by atoms with Gasteiger partial charge in [0, 0.05) is 19.3 Å². The molecule has 6 heteroatoms. The molecule has 1 atom stereocenters. The van der Waals surface area contributed by atoms with Crippen LogP contribution in [0.2, 0.25) is 0 Å². The van der Waals surface area contributed by atoms with Crippen molar-refractivity contribution in [3.63, 3.8) is 0 Å². The normalized spacial score (nSPS) is 12.7. The summed E-state index contributed by atoms with van der Waals surface area (Å²) in [5, 5.41) is 0. The molecule has 0 saturated heterocycles. The highest BCUT2D eigenvalue weighted by Crippen LogP contribution is 2.12. The molecule has 57 heavy (non-hydrogen) atoms. The molecule has 0 fully saturated rings. The molecule has 0 heterocycles. The van der Waals surface area contributed by atoms with Crippen molar-refractivity contribution in [1.82, 2.24) is 0 Å². The van der Waals surface area contributed by atoms with Gasteiger partial charge in [-0.25, -0.2) is 0 Å². The number of hydrogen-bond acceptors (Lipinski definition) is 6. The van der Waals surface area contributed by atoms with Crippen LogP contribution in [0.1, 0.15) is 213 Å². The first-order chi connectivity index (χ1) is 28.0. The number of ether oxygens (including phenoxy) is 3. The second-order valence-electron chi connectivity index (χ2n) is 15.3. The van der Waals surface area contributed by atoms with Crippen molar-refractivity contribution in [3.8, 4) is 0 Å². The first kappa shape index (κ1) is 53.9. The summed E-state index contributed by atoms with van der Waals surface area (Å²) in [6, 6.07) is 0. The smallest absolute Gasteiger partial charge is 0.306 e. The average molecular weight is 795 g/mol. The third kappa shape index (κ3) is 43.8. The number of esters is 3. The van der Waals surface area contributed by atoms with Crippen molar-refractivity contribution in [2.75, 3.05) is 13.2 Å². The highest BCUT2D eigenvalue weighted by Gasteiger charge is 2.19. The van der Waals surface area contributed by atoms with Crippen LogP contribution in [0.25, 0.3) is 0 Å². The average Bonchev–Trinajstić information content (AvgIpc) is 3.21. The molecule has 0 aliphatic heterocycles. The Morgan fingerprint density at radius 1 is 0.368 bits per heavy atom. The van der Waals surface area contributed by atoms with Gasteiger partial charge in [0.15, 0.2) is 6.10 Å². The molecule has 0 aromatic carbocycles. The maximum absolute atomic E-state index is 12.7. The van der Waals surface area contributed by atoms with E-state index in [1.165, 1.54) is 70.6 Å². The van der Waals surface area contributed by atoms with Gasteiger partial charge in [-0.2, -0.15) is 0 Å². The predicted molar refractivity (Wildman–Crippen MR) is 242 cm³/mol. The Balaban J connectivity index is 4.46. The van der Waals surface area contributed by atoms with Crippen molar-refractivity contribution in [3.05, 3.63) is 72.9 Å². The number of rotatable bonds is 41. The van der Waals surface area contributed by atoms with Crippen LogP contribution >= 0.6 is 0 Å². The van der Waals surface area contributed by atoms with Crippen molar-refractivity contribution in [2.45, 2.75) is 219 Å². The van der Waals surface area contributed by atoms with E-state index < -0.39 is 6.10 Å². The summed E-state index contributed by atoms with van der Waals surface area (Å²) < 4.78 is 16.6. The fourth-order valence-electron chi connectivity index (χ4n) is 6.14. The molecule has 0 rings (SSSR count). The standard InChI is InChI=1S/C51H86O6/c1-4-7-10-13-16-19-21-23-25-26-28-29-32-35-38-41-44-50(53)56-47-48(46-55-49(52)43-40-37-34-31-18-15-12-9-6-3)57-51(54)45-42-39-36-33-30-27-24-22-20-17-14-11-8-5-2/h7,10,16,19,23,25,27-31,34,48H,4-6,8-9,11-15,17-18,20-22,24,26,32-33,35-47H2,1-3H3/b10-7-,19-16-,25-23-,29-28-,30-27-,34-31-. The minimum atomic E-state index is -0.804. The maximum Gasteiger partial charge on any atom is 0.306 e. The Labute approximate surface area is 351 Å². The fraction of sp³-hybridized carbons (Fsp3) is 0.706. The SMILES string of the molecule is CC/C=C\C/C=C\C/C=C\C/C=C\CCCCCC(=O)OCC(COC(=O)CCC/C=C\CCCCCC)OC(=O)CCCCC/C=C\CCCCCCCCC. The molecular weight excluding hydrogens is 709 g/mol. The first-order valence-corrected chi connectivity index (χ1v) is 23.4. The first-order valence-electron chi connectivity index (χ1n) is 23.4. The summed E-state index contributed by atoms with van der Waals surface area (Å²) in [6.07, 6.45) is 56.1. The van der Waals surface area contributed by atoms with E-state index in [9.17, 15) is 14.4 Å². The Morgan fingerprint density at radius 3 is 1.18 bits per heavy atom. The Kier molecular flexibility index (Phi) is 43.0. The quantitative estimate of drug-likeness (QED) is 0.0265. The lowest BCUT2D eigenvalue weighted by atomic mass is 10.1. The largest absolute Gasteiger partial charge is 0.462 e. The molecule has 0 aromatic rings. The van der Waals surface area contributed by atoms with Gasteiger partial charge >= 0.3 is 17.9 Å². The molecule has 0 spiro atoms. The van der Waals surface area contributed by atoms with E-state index >= 15 is 0 Å². The molecule has 0 amide bonds. The topological polar surface area (TPSA) is 78.9 Å². The summed E-state index contributed by atoms with van der Waals surface area (Å²) >= 11 is 0. The van der Waals surface area contributed by atoms with Crippen molar-refractivity contribution < 1.29 is 28.6 Å². The number of hydrogen-bond donors (Lipinski definition) is 0. The summed E-state index contributed by atoms with van der Waals surface area (Å²) in [7, 11) is 0. The van der Waals surface area contributed by atoms with Gasteiger partial charge in [0.05, 0.1) is 0 Å². The van der Waals surface area contributed by atoms with Crippen LogP contribution in [-0.2, 0) is 28.6 Å². The lowest BCUT2D eigenvalue weighted by molar-refractivity contribution is -0.167. The number of unbranched alkanes of at least 4 members (excludes halogenated alkanes) is 18. The van der Waals surface area contributed by atoms with E-state index in [1.807, 2.05) is 0 Å². The van der Waals surface area contributed by atoms with Crippen molar-refractivity contribution in [1.29, 1.82) is 0 Å². The number of carbonyl (C=O) groups excluding carboxylic acids is 3. The minimum Gasteiger partial charge on any atom is -0.462 e. The summed E-state index contributed by atoms with van der Waals surface area (Å²) in [5.74, 6) is -0.992. The van der Waals surface area contributed by atoms with Crippen LogP contribution in [0, 0.1) is 0 Å². The minimum absolute atomic E-state index is 0.107. The van der Waals surface area contributed by atoms with Crippen LogP contribution in [0.5, 0.6) is 0 Å². The molecule has 0 aliphatic rings. The van der Waals surface area contributed by atoms with E-state index in [-0.39, 0.29) is 31.1 Å². The molecule has 326 valence electrons. The lowest BCUT2D eigenvalue weighted by Crippen LogP contribution is -2.30. The molecule has 0 bridgehead atoms. The highest BCUT2D eigenvalue weighted by molar-refractivity contribution is 5.71. The zero-order valence-corrected chi connectivity index (χ0v) is 37.1. The van der Waals surface area contributed by atoms with Crippen LogP contribution < -0.4 is 0 Å². The Hall–Kier alpha value is -3.15. The van der Waals surface area contributed by atoms with Gasteiger partial charge in [0.2, 0.25) is 0 Å². The van der Waals surface area contributed by atoms with E-state index in [2.05, 4.69) is 93.7 Å². The molecule has 1 unspecified atom stereocenters.